The highest BCUT2D eigenvalue weighted by Gasteiger charge is 2.24. The van der Waals surface area contributed by atoms with Crippen LogP contribution in [0.2, 0.25) is 0 Å². The summed E-state index contributed by atoms with van der Waals surface area (Å²) >= 11 is 0.720. The van der Waals surface area contributed by atoms with Gasteiger partial charge in [-0.2, -0.15) is 0 Å². The van der Waals surface area contributed by atoms with E-state index in [1.54, 1.807) is 19.1 Å². The van der Waals surface area contributed by atoms with Gasteiger partial charge in [0.1, 0.15) is 10.6 Å². The third-order valence-corrected chi connectivity index (χ3v) is 4.39. The number of esters is 1. The molecule has 8 heteroatoms. The van der Waals surface area contributed by atoms with Gasteiger partial charge in [-0.05, 0) is 55.4 Å². The Balaban J connectivity index is 2.33. The Morgan fingerprint density at radius 3 is 2.54 bits per heavy atom. The molecule has 0 aliphatic rings. The molecule has 0 saturated heterocycles. The molecular weight excluding hydrogens is 332 g/mol. The van der Waals surface area contributed by atoms with Crippen LogP contribution in [0.25, 0.3) is 0 Å². The predicted octanol–water partition coefficient (Wildman–Crippen LogP) is 3.70. The number of ether oxygens (including phenoxy) is 1. The van der Waals surface area contributed by atoms with Crippen molar-refractivity contribution in [3.8, 4) is 0 Å². The van der Waals surface area contributed by atoms with Gasteiger partial charge in [0.15, 0.2) is 0 Å². The van der Waals surface area contributed by atoms with Crippen LogP contribution in [0.15, 0.2) is 24.3 Å². The number of amides is 1. The van der Waals surface area contributed by atoms with E-state index in [0.717, 1.165) is 28.5 Å². The summed E-state index contributed by atoms with van der Waals surface area (Å²) in [7, 11) is 0. The van der Waals surface area contributed by atoms with E-state index >= 15 is 0 Å². The molecule has 0 aliphatic heterocycles. The number of aryl methyl sites for hydroxylation is 2. The number of carbonyl (C=O) groups is 2. The molecular formula is C16H16N2O5S. The third-order valence-electron chi connectivity index (χ3n) is 3.39. The number of hydrogen-bond acceptors (Lipinski definition) is 6. The number of benzene rings is 1. The Labute approximate surface area is 142 Å². The maximum atomic E-state index is 12.4. The average Bonchev–Trinajstić information content (AvgIpc) is 2.94. The van der Waals surface area contributed by atoms with Crippen molar-refractivity contribution in [2.45, 2.75) is 20.8 Å². The number of rotatable bonds is 5. The van der Waals surface area contributed by atoms with Gasteiger partial charge in [0.05, 0.1) is 11.5 Å². The second kappa shape index (κ2) is 7.22. The molecule has 7 nitrogen and oxygen atoms in total. The minimum absolute atomic E-state index is 0.0225. The summed E-state index contributed by atoms with van der Waals surface area (Å²) in [5.41, 5.74) is 2.38. The van der Waals surface area contributed by atoms with Crippen LogP contribution in [0, 0.1) is 24.0 Å². The smallest absolute Gasteiger partial charge is 0.341 e. The first-order valence-electron chi connectivity index (χ1n) is 7.17. The van der Waals surface area contributed by atoms with Crippen molar-refractivity contribution >= 4 is 33.2 Å². The highest BCUT2D eigenvalue weighted by molar-refractivity contribution is 7.19. The Bertz CT molecular complexity index is 813. The number of nitrogens with zero attached hydrogens (tertiary/aromatic N) is 1. The van der Waals surface area contributed by atoms with Gasteiger partial charge >= 0.3 is 11.0 Å². The minimum atomic E-state index is -0.711. The second-order valence-electron chi connectivity index (χ2n) is 5.06. The van der Waals surface area contributed by atoms with E-state index in [4.69, 9.17) is 4.74 Å². The summed E-state index contributed by atoms with van der Waals surface area (Å²) < 4.78 is 4.88. The molecule has 0 bridgehead atoms. The molecule has 1 aromatic carbocycles. The van der Waals surface area contributed by atoms with Crippen molar-refractivity contribution in [3.05, 3.63) is 56.6 Å². The zero-order chi connectivity index (χ0) is 17.9. The zero-order valence-electron chi connectivity index (χ0n) is 13.4. The van der Waals surface area contributed by atoms with Crippen molar-refractivity contribution < 1.29 is 19.2 Å². The monoisotopic (exact) mass is 348 g/mol. The fourth-order valence-corrected chi connectivity index (χ4v) is 2.84. The second-order valence-corrected chi connectivity index (χ2v) is 6.09. The summed E-state index contributed by atoms with van der Waals surface area (Å²) in [5.74, 6) is -1.15. The van der Waals surface area contributed by atoms with Gasteiger partial charge < -0.3 is 10.1 Å². The lowest BCUT2D eigenvalue weighted by atomic mass is 10.1. The Hall–Kier alpha value is -2.74. The van der Waals surface area contributed by atoms with Gasteiger partial charge in [-0.1, -0.05) is 6.07 Å². The lowest BCUT2D eigenvalue weighted by Crippen LogP contribution is -2.14. The molecule has 2 aromatic rings. The molecule has 1 aromatic heterocycles. The number of nitrogens with one attached hydrogen (secondary N) is 1. The maximum absolute atomic E-state index is 12.4. The zero-order valence-corrected chi connectivity index (χ0v) is 14.2. The molecule has 24 heavy (non-hydrogen) atoms. The maximum Gasteiger partial charge on any atom is 0.341 e. The van der Waals surface area contributed by atoms with Gasteiger partial charge in [-0.25, -0.2) is 4.79 Å². The van der Waals surface area contributed by atoms with Crippen molar-refractivity contribution in [2.24, 2.45) is 0 Å². The molecule has 1 amide bonds. The lowest BCUT2D eigenvalue weighted by molar-refractivity contribution is -0.380. The molecule has 0 spiro atoms. The van der Waals surface area contributed by atoms with Gasteiger partial charge in [-0.3, -0.25) is 14.9 Å². The van der Waals surface area contributed by atoms with Gasteiger partial charge in [0.2, 0.25) is 0 Å². The van der Waals surface area contributed by atoms with Crippen LogP contribution in [-0.2, 0) is 4.74 Å². The summed E-state index contributed by atoms with van der Waals surface area (Å²) in [5, 5.41) is 13.4. The van der Waals surface area contributed by atoms with Gasteiger partial charge in [0.25, 0.3) is 5.91 Å². The van der Waals surface area contributed by atoms with E-state index in [1.807, 2.05) is 19.9 Å². The number of nitro groups is 1. The van der Waals surface area contributed by atoms with E-state index < -0.39 is 16.8 Å². The molecule has 2 rings (SSSR count). The van der Waals surface area contributed by atoms with Crippen molar-refractivity contribution in [3.63, 3.8) is 0 Å². The highest BCUT2D eigenvalue weighted by atomic mass is 32.1. The molecule has 0 aliphatic carbocycles. The largest absolute Gasteiger partial charge is 0.462 e. The first kappa shape index (κ1) is 17.6. The highest BCUT2D eigenvalue weighted by Crippen LogP contribution is 2.34. The van der Waals surface area contributed by atoms with Crippen molar-refractivity contribution in [2.75, 3.05) is 11.9 Å². The topological polar surface area (TPSA) is 98.5 Å². The van der Waals surface area contributed by atoms with Crippen LogP contribution in [-0.4, -0.2) is 23.4 Å². The van der Waals surface area contributed by atoms with Crippen LogP contribution in [0.4, 0.5) is 10.0 Å². The molecule has 126 valence electrons. The molecule has 1 N–H and O–H groups in total. The first-order valence-corrected chi connectivity index (χ1v) is 7.99. The van der Waals surface area contributed by atoms with E-state index in [2.05, 4.69) is 5.32 Å². The van der Waals surface area contributed by atoms with Crippen LogP contribution < -0.4 is 5.32 Å². The van der Waals surface area contributed by atoms with Crippen LogP contribution >= 0.6 is 11.3 Å². The van der Waals surface area contributed by atoms with E-state index in [0.29, 0.717) is 5.56 Å². The molecule has 0 atom stereocenters. The number of hydrogen-bond donors (Lipinski definition) is 1. The number of carbonyl (C=O) groups excluding carboxylic acids is 2. The van der Waals surface area contributed by atoms with E-state index in [1.165, 1.54) is 0 Å². The summed E-state index contributed by atoms with van der Waals surface area (Å²) in [4.78, 5) is 34.6. The molecule has 1 heterocycles. The van der Waals surface area contributed by atoms with Crippen LogP contribution in [0.1, 0.15) is 38.8 Å². The van der Waals surface area contributed by atoms with Crippen LogP contribution in [0.3, 0.4) is 0 Å². The molecule has 0 saturated carbocycles. The third kappa shape index (κ3) is 3.77. The van der Waals surface area contributed by atoms with Gasteiger partial charge in [0, 0.05) is 11.6 Å². The van der Waals surface area contributed by atoms with Crippen molar-refractivity contribution in [1.82, 2.24) is 0 Å². The minimum Gasteiger partial charge on any atom is -0.462 e. The SMILES string of the molecule is CCOC(=O)c1cc([N+](=O)[O-])sc1NC(=O)c1ccc(C)c(C)c1. The molecule has 0 fully saturated rings. The van der Waals surface area contributed by atoms with Crippen molar-refractivity contribution in [1.29, 1.82) is 0 Å². The average molecular weight is 348 g/mol. The quantitative estimate of drug-likeness (QED) is 0.504. The number of thiophene rings is 1. The molecule has 0 unspecified atom stereocenters. The van der Waals surface area contributed by atoms with Crippen LogP contribution in [0.5, 0.6) is 0 Å². The van der Waals surface area contributed by atoms with Gasteiger partial charge in [-0.15, -0.1) is 0 Å². The predicted molar refractivity (Wildman–Crippen MR) is 90.8 cm³/mol. The standard InChI is InChI=1S/C16H16N2O5S/c1-4-23-16(20)12-8-13(18(21)22)24-15(12)17-14(19)11-6-5-9(2)10(3)7-11/h5-8H,4H2,1-3H3,(H,17,19). The van der Waals surface area contributed by atoms with E-state index in [-0.39, 0.29) is 22.2 Å². The Morgan fingerprint density at radius 1 is 1.25 bits per heavy atom. The molecule has 0 radical (unpaired) electrons. The summed E-state index contributed by atoms with van der Waals surface area (Å²) in [6.07, 6.45) is 0. The number of anilines is 1. The fourth-order valence-electron chi connectivity index (χ4n) is 1.98. The Kier molecular flexibility index (Phi) is 5.30. The Morgan fingerprint density at radius 2 is 1.96 bits per heavy atom. The first-order chi connectivity index (χ1) is 11.3. The summed E-state index contributed by atoms with van der Waals surface area (Å²) in [6.45, 7) is 5.57. The summed E-state index contributed by atoms with van der Waals surface area (Å²) in [6, 6.07) is 6.30. The normalized spacial score (nSPS) is 10.3. The van der Waals surface area contributed by atoms with E-state index in [9.17, 15) is 19.7 Å². The fraction of sp³-hybridized carbons (Fsp3) is 0.250. The lowest BCUT2D eigenvalue weighted by Gasteiger charge is -2.07.